The smallest absolute Gasteiger partial charge is 0.412 e. The van der Waals surface area contributed by atoms with Gasteiger partial charge in [-0.25, -0.2) is 5.43 Å². The Balaban J connectivity index is 2.72. The molecule has 0 bridgehead atoms. The van der Waals surface area contributed by atoms with Gasteiger partial charge in [0.2, 0.25) is 5.91 Å². The van der Waals surface area contributed by atoms with Crippen molar-refractivity contribution < 1.29 is 29.2 Å². The van der Waals surface area contributed by atoms with Crippen LogP contribution in [0.4, 0.5) is 0 Å². The zero-order valence-corrected chi connectivity index (χ0v) is 20.7. The Morgan fingerprint density at radius 3 is 2.44 bits per heavy atom. The van der Waals surface area contributed by atoms with E-state index in [2.05, 4.69) is 21.6 Å². The van der Waals surface area contributed by atoms with Gasteiger partial charge in [0.15, 0.2) is 5.52 Å². The Bertz CT molecular complexity index is 818. The van der Waals surface area contributed by atoms with E-state index in [1.165, 1.54) is 18.2 Å². The lowest BCUT2D eigenvalue weighted by Crippen LogP contribution is -2.64. The third-order valence-electron chi connectivity index (χ3n) is 4.40. The Kier molecular flexibility index (Phi) is 12.1. The first-order chi connectivity index (χ1) is 14.9. The van der Waals surface area contributed by atoms with Gasteiger partial charge in [0.05, 0.1) is 23.2 Å². The highest BCUT2D eigenvalue weighted by molar-refractivity contribution is 7.40. The highest BCUT2D eigenvalue weighted by Crippen LogP contribution is 2.20. The maximum atomic E-state index is 12.4. The molecular weight excluding hydrogens is 481 g/mol. The van der Waals surface area contributed by atoms with Crippen molar-refractivity contribution in [3.8, 4) is 0 Å². The quantitative estimate of drug-likeness (QED) is 0.131. The number of hydrogen-bond donors (Lipinski definition) is 6. The molecule has 0 fully saturated rings. The number of halogens is 2. The number of carbonyl (C=O) groups excluding carboxylic acids is 3. The zero-order chi connectivity index (χ0) is 24.5. The van der Waals surface area contributed by atoms with Gasteiger partial charge in [-0.05, 0) is 36.5 Å². The fourth-order valence-electron chi connectivity index (χ4n) is 2.69. The lowest BCUT2D eigenvalue weighted by Gasteiger charge is -2.38. The SMILES string of the molecule is CC[C@H](NNO[B-](O)(O)[C@H](CC(C)C)NC(=O)CNC(=O)c1cc(Cl)ccc1Cl)C(=O)P. The Labute approximate surface area is 199 Å². The minimum Gasteiger partial charge on any atom is -0.557 e. The minimum atomic E-state index is -3.57. The molecule has 1 aromatic rings. The van der Waals surface area contributed by atoms with Gasteiger partial charge >= 0.3 is 6.75 Å². The number of hydrogen-bond acceptors (Lipinski definition) is 8. The maximum absolute atomic E-state index is 12.4. The number of rotatable bonds is 13. The van der Waals surface area contributed by atoms with Gasteiger partial charge < -0.3 is 25.4 Å². The lowest BCUT2D eigenvalue weighted by atomic mass is 9.66. The summed E-state index contributed by atoms with van der Waals surface area (Å²) >= 11 is 11.8. The van der Waals surface area contributed by atoms with Crippen LogP contribution in [0.5, 0.6) is 0 Å². The summed E-state index contributed by atoms with van der Waals surface area (Å²) in [6.45, 7) is 1.37. The van der Waals surface area contributed by atoms with Crippen LogP contribution >= 0.6 is 32.4 Å². The van der Waals surface area contributed by atoms with Gasteiger partial charge in [0.1, 0.15) is 0 Å². The molecule has 2 amide bonds. The Morgan fingerprint density at radius 2 is 1.88 bits per heavy atom. The van der Waals surface area contributed by atoms with Gasteiger partial charge in [0, 0.05) is 5.02 Å². The third kappa shape index (κ3) is 9.68. The van der Waals surface area contributed by atoms with Crippen molar-refractivity contribution in [2.45, 2.75) is 45.6 Å². The van der Waals surface area contributed by atoms with Crippen molar-refractivity contribution in [1.82, 2.24) is 21.6 Å². The average Bonchev–Trinajstić information content (AvgIpc) is 2.70. The van der Waals surface area contributed by atoms with Crippen LogP contribution in [-0.2, 0) is 14.3 Å². The summed E-state index contributed by atoms with van der Waals surface area (Å²) in [7, 11) is 2.01. The molecule has 0 spiro atoms. The van der Waals surface area contributed by atoms with Crippen LogP contribution < -0.4 is 21.6 Å². The van der Waals surface area contributed by atoms with Crippen LogP contribution in [0.15, 0.2) is 18.2 Å². The molecule has 0 aliphatic carbocycles. The average molecular weight is 510 g/mol. The number of amides is 2. The largest absolute Gasteiger partial charge is 0.557 e. The second kappa shape index (κ2) is 13.4. The second-order valence-corrected chi connectivity index (χ2v) is 9.01. The lowest BCUT2D eigenvalue weighted by molar-refractivity contribution is -0.121. The monoisotopic (exact) mass is 509 g/mol. The Hall–Kier alpha value is -1.30. The normalized spacial score (nSPS) is 13.5. The standard InChI is InChI=1S/C18H29BCl2N4O6P/c1-4-14(18(28)32)24-25-31-19(29,30)15(7-10(2)3)23-16(26)9-22-17(27)12-8-11(20)5-6-13(12)21/h5-6,8,10,14-15,24-25,29-30H,4,7,9,32H2,1-3H3,(H,22,27)(H,23,26)/q-1/t14-,15-/m0/s1. The molecule has 0 saturated heterocycles. The van der Waals surface area contributed by atoms with Crippen LogP contribution in [0.2, 0.25) is 10.0 Å². The predicted molar refractivity (Wildman–Crippen MR) is 127 cm³/mol. The summed E-state index contributed by atoms with van der Waals surface area (Å²) in [5.74, 6) is -2.53. The molecule has 1 aromatic carbocycles. The summed E-state index contributed by atoms with van der Waals surface area (Å²) in [5, 5.41) is 26.1. The van der Waals surface area contributed by atoms with Crippen LogP contribution in [0, 0.1) is 5.92 Å². The summed E-state index contributed by atoms with van der Waals surface area (Å²) in [5.41, 5.74) is 4.53. The van der Waals surface area contributed by atoms with Crippen molar-refractivity contribution in [2.24, 2.45) is 5.92 Å². The first kappa shape index (κ1) is 28.7. The molecule has 14 heteroatoms. The molecule has 0 aromatic heterocycles. The van der Waals surface area contributed by atoms with E-state index in [0.717, 1.165) is 0 Å². The van der Waals surface area contributed by atoms with E-state index in [9.17, 15) is 24.4 Å². The van der Waals surface area contributed by atoms with Crippen molar-refractivity contribution >= 4 is 56.5 Å². The minimum absolute atomic E-state index is 0.0331. The molecule has 1 unspecified atom stereocenters. The molecule has 0 saturated carbocycles. The van der Waals surface area contributed by atoms with Gasteiger partial charge in [-0.3, -0.25) is 14.4 Å². The van der Waals surface area contributed by atoms with E-state index < -0.39 is 37.1 Å². The molecule has 3 atom stereocenters. The van der Waals surface area contributed by atoms with Crippen LogP contribution in [-0.4, -0.2) is 52.7 Å². The highest BCUT2D eigenvalue weighted by atomic mass is 35.5. The van der Waals surface area contributed by atoms with Crippen molar-refractivity contribution in [3.05, 3.63) is 33.8 Å². The highest BCUT2D eigenvalue weighted by Gasteiger charge is 2.35. The third-order valence-corrected chi connectivity index (χ3v) is 5.36. The van der Waals surface area contributed by atoms with E-state index in [0.29, 0.717) is 11.4 Å². The summed E-state index contributed by atoms with van der Waals surface area (Å²) in [4.78, 5) is 36.0. The molecular formula is C18H29BCl2N4O6P-. The summed E-state index contributed by atoms with van der Waals surface area (Å²) in [6.07, 6.45) is 0.590. The topological polar surface area (TPSA) is 149 Å². The number of hydrazine groups is 1. The predicted octanol–water partition coefficient (Wildman–Crippen LogP) is 0.923. The van der Waals surface area contributed by atoms with E-state index in [4.69, 9.17) is 28.0 Å². The van der Waals surface area contributed by atoms with Crippen LogP contribution in [0.1, 0.15) is 44.0 Å². The van der Waals surface area contributed by atoms with Crippen LogP contribution in [0.3, 0.4) is 0 Å². The summed E-state index contributed by atoms with van der Waals surface area (Å²) in [6, 6.07) is 3.72. The molecule has 0 aliphatic heterocycles. The molecule has 6 N–H and O–H groups in total. The molecule has 180 valence electrons. The van der Waals surface area contributed by atoms with Crippen LogP contribution in [0.25, 0.3) is 0 Å². The number of nitrogens with one attached hydrogen (secondary N) is 4. The first-order valence-electron chi connectivity index (χ1n) is 9.97. The second-order valence-electron chi connectivity index (χ2n) is 7.60. The van der Waals surface area contributed by atoms with E-state index in [-0.39, 0.29) is 28.4 Å². The molecule has 0 heterocycles. The molecule has 0 aliphatic rings. The number of carbonyl (C=O) groups is 3. The molecule has 32 heavy (non-hydrogen) atoms. The van der Waals surface area contributed by atoms with E-state index in [1.807, 2.05) is 23.1 Å². The fourth-order valence-corrected chi connectivity index (χ4v) is 3.38. The molecule has 1 rings (SSSR count). The Morgan fingerprint density at radius 1 is 1.22 bits per heavy atom. The maximum Gasteiger partial charge on any atom is 0.412 e. The molecule has 0 radical (unpaired) electrons. The van der Waals surface area contributed by atoms with Gasteiger partial charge in [0.25, 0.3) is 5.91 Å². The first-order valence-corrected chi connectivity index (χ1v) is 11.3. The van der Waals surface area contributed by atoms with Gasteiger partial charge in [-0.1, -0.05) is 59.6 Å². The van der Waals surface area contributed by atoms with E-state index >= 15 is 0 Å². The van der Waals surface area contributed by atoms with E-state index in [1.54, 1.807) is 6.92 Å². The molecule has 10 nitrogen and oxygen atoms in total. The number of benzene rings is 1. The van der Waals surface area contributed by atoms with Crippen molar-refractivity contribution in [2.75, 3.05) is 6.54 Å². The van der Waals surface area contributed by atoms with Gasteiger partial charge in [-0.15, -0.1) is 0 Å². The van der Waals surface area contributed by atoms with Crippen molar-refractivity contribution in [1.29, 1.82) is 0 Å². The van der Waals surface area contributed by atoms with Gasteiger partial charge in [-0.2, -0.15) is 5.59 Å². The zero-order valence-electron chi connectivity index (χ0n) is 18.0. The van der Waals surface area contributed by atoms with Crippen molar-refractivity contribution in [3.63, 3.8) is 0 Å². The summed E-state index contributed by atoms with van der Waals surface area (Å²) < 4.78 is 4.92. The fraction of sp³-hybridized carbons (Fsp3) is 0.500.